The SMILES string of the molecule is C[C@H](Nc1nc(Nc2cnccn2)cc(-c2cncnc2)n1)c1ccc(F)cc1. The molecule has 3 aromatic heterocycles. The second-order valence-corrected chi connectivity index (χ2v) is 6.22. The summed E-state index contributed by atoms with van der Waals surface area (Å²) in [5.74, 6) is 1.21. The molecule has 1 atom stereocenters. The average molecular weight is 388 g/mol. The van der Waals surface area contributed by atoms with Crippen molar-refractivity contribution in [3.63, 3.8) is 0 Å². The summed E-state index contributed by atoms with van der Waals surface area (Å²) in [5.41, 5.74) is 2.29. The molecule has 0 amide bonds. The number of benzene rings is 1. The summed E-state index contributed by atoms with van der Waals surface area (Å²) in [6, 6.07) is 7.94. The van der Waals surface area contributed by atoms with Crippen LogP contribution in [0, 0.1) is 5.82 Å². The number of rotatable bonds is 6. The third kappa shape index (κ3) is 4.64. The standard InChI is InChI=1S/C20H17FN8/c1-13(14-2-4-16(21)5-3-14)26-20-27-17(15-9-23-12-24-10-15)8-18(29-20)28-19-11-22-6-7-25-19/h2-13H,1H3,(H2,25,26,27,28,29)/t13-/m0/s1. The van der Waals surface area contributed by atoms with E-state index in [1.807, 2.05) is 6.92 Å². The van der Waals surface area contributed by atoms with Crippen LogP contribution in [0.3, 0.4) is 0 Å². The van der Waals surface area contributed by atoms with Crippen LogP contribution in [-0.2, 0) is 0 Å². The van der Waals surface area contributed by atoms with Crippen molar-refractivity contribution in [2.45, 2.75) is 13.0 Å². The third-order valence-electron chi connectivity index (χ3n) is 4.12. The summed E-state index contributed by atoms with van der Waals surface area (Å²) in [6.07, 6.45) is 9.59. The summed E-state index contributed by atoms with van der Waals surface area (Å²) >= 11 is 0. The Morgan fingerprint density at radius 2 is 1.69 bits per heavy atom. The zero-order valence-corrected chi connectivity index (χ0v) is 15.5. The van der Waals surface area contributed by atoms with Gasteiger partial charge in [0.05, 0.1) is 17.9 Å². The smallest absolute Gasteiger partial charge is 0.225 e. The number of hydrogen-bond donors (Lipinski definition) is 2. The van der Waals surface area contributed by atoms with Crippen LogP contribution in [0.1, 0.15) is 18.5 Å². The fourth-order valence-electron chi connectivity index (χ4n) is 2.68. The molecule has 0 aliphatic carbocycles. The molecule has 4 aromatic rings. The molecule has 0 radical (unpaired) electrons. The molecule has 4 rings (SSSR count). The minimum atomic E-state index is -0.279. The molecule has 1 aromatic carbocycles. The van der Waals surface area contributed by atoms with Crippen molar-refractivity contribution in [1.82, 2.24) is 29.9 Å². The summed E-state index contributed by atoms with van der Waals surface area (Å²) in [6.45, 7) is 1.95. The van der Waals surface area contributed by atoms with E-state index in [0.717, 1.165) is 11.1 Å². The van der Waals surface area contributed by atoms with Crippen LogP contribution < -0.4 is 10.6 Å². The van der Waals surface area contributed by atoms with Gasteiger partial charge in [0.25, 0.3) is 0 Å². The maximum Gasteiger partial charge on any atom is 0.225 e. The van der Waals surface area contributed by atoms with Crippen molar-refractivity contribution in [1.29, 1.82) is 0 Å². The van der Waals surface area contributed by atoms with Crippen LogP contribution >= 0.6 is 0 Å². The maximum atomic E-state index is 13.2. The zero-order valence-electron chi connectivity index (χ0n) is 15.5. The lowest BCUT2D eigenvalue weighted by Gasteiger charge is -2.16. The van der Waals surface area contributed by atoms with Crippen LogP contribution in [-0.4, -0.2) is 29.9 Å². The van der Waals surface area contributed by atoms with Gasteiger partial charge in [-0.05, 0) is 24.6 Å². The number of nitrogens with zero attached hydrogens (tertiary/aromatic N) is 6. The lowest BCUT2D eigenvalue weighted by molar-refractivity contribution is 0.626. The molecule has 0 saturated heterocycles. The van der Waals surface area contributed by atoms with Gasteiger partial charge in [-0.15, -0.1) is 0 Å². The molecule has 2 N–H and O–H groups in total. The van der Waals surface area contributed by atoms with Crippen molar-refractivity contribution < 1.29 is 4.39 Å². The van der Waals surface area contributed by atoms with Gasteiger partial charge < -0.3 is 10.6 Å². The summed E-state index contributed by atoms with van der Waals surface area (Å²) < 4.78 is 13.2. The Morgan fingerprint density at radius 1 is 0.897 bits per heavy atom. The molecule has 29 heavy (non-hydrogen) atoms. The van der Waals surface area contributed by atoms with Crippen molar-refractivity contribution in [3.8, 4) is 11.3 Å². The molecule has 3 heterocycles. The van der Waals surface area contributed by atoms with Crippen LogP contribution in [0.25, 0.3) is 11.3 Å². The number of anilines is 3. The first kappa shape index (κ1) is 18.4. The molecule has 0 fully saturated rings. The second-order valence-electron chi connectivity index (χ2n) is 6.22. The van der Waals surface area contributed by atoms with Gasteiger partial charge in [-0.1, -0.05) is 12.1 Å². The van der Waals surface area contributed by atoms with Gasteiger partial charge in [-0.3, -0.25) is 4.98 Å². The average Bonchev–Trinajstić information content (AvgIpc) is 2.75. The minimum absolute atomic E-state index is 0.137. The van der Waals surface area contributed by atoms with Crippen molar-refractivity contribution in [3.05, 3.63) is 79.0 Å². The van der Waals surface area contributed by atoms with E-state index in [9.17, 15) is 4.39 Å². The van der Waals surface area contributed by atoms with Gasteiger partial charge in [0.2, 0.25) is 5.95 Å². The summed E-state index contributed by atoms with van der Waals surface area (Å²) in [7, 11) is 0. The first-order valence-electron chi connectivity index (χ1n) is 8.87. The number of halogens is 1. The molecule has 9 heteroatoms. The van der Waals surface area contributed by atoms with Crippen LogP contribution in [0.2, 0.25) is 0 Å². The Bertz CT molecular complexity index is 1070. The molecule has 0 spiro atoms. The summed E-state index contributed by atoms with van der Waals surface area (Å²) in [4.78, 5) is 25.5. The van der Waals surface area contributed by atoms with E-state index in [1.54, 1.807) is 49.2 Å². The quantitative estimate of drug-likeness (QED) is 0.515. The monoisotopic (exact) mass is 388 g/mol. The van der Waals surface area contributed by atoms with E-state index in [4.69, 9.17) is 0 Å². The second kappa shape index (κ2) is 8.34. The predicted molar refractivity (Wildman–Crippen MR) is 107 cm³/mol. The molecule has 0 unspecified atom stereocenters. The van der Waals surface area contributed by atoms with E-state index < -0.39 is 0 Å². The van der Waals surface area contributed by atoms with Gasteiger partial charge >= 0.3 is 0 Å². The Hall–Kier alpha value is -4.01. The van der Waals surface area contributed by atoms with E-state index in [1.165, 1.54) is 18.5 Å². The first-order chi connectivity index (χ1) is 14.2. The molecular weight excluding hydrogens is 371 g/mol. The highest BCUT2D eigenvalue weighted by atomic mass is 19.1. The molecule has 8 nitrogen and oxygen atoms in total. The van der Waals surface area contributed by atoms with Crippen molar-refractivity contribution >= 4 is 17.6 Å². The topological polar surface area (TPSA) is 101 Å². The van der Waals surface area contributed by atoms with Gasteiger partial charge in [0, 0.05) is 36.4 Å². The van der Waals surface area contributed by atoms with E-state index >= 15 is 0 Å². The molecule has 0 bridgehead atoms. The number of nitrogens with one attached hydrogen (secondary N) is 2. The van der Waals surface area contributed by atoms with Crippen molar-refractivity contribution in [2.75, 3.05) is 10.6 Å². The van der Waals surface area contributed by atoms with Crippen LogP contribution in [0.4, 0.5) is 22.0 Å². The largest absolute Gasteiger partial charge is 0.348 e. The maximum absolute atomic E-state index is 13.2. The van der Waals surface area contributed by atoms with Crippen molar-refractivity contribution in [2.24, 2.45) is 0 Å². The molecule has 144 valence electrons. The van der Waals surface area contributed by atoms with Gasteiger partial charge in [0.15, 0.2) is 0 Å². The normalized spacial score (nSPS) is 11.7. The Kier molecular flexibility index (Phi) is 5.28. The molecular formula is C20H17FN8. The number of aromatic nitrogens is 6. The third-order valence-corrected chi connectivity index (χ3v) is 4.12. The Morgan fingerprint density at radius 3 is 2.41 bits per heavy atom. The fraction of sp³-hybridized carbons (Fsp3) is 0.100. The summed E-state index contributed by atoms with van der Waals surface area (Å²) in [5, 5.41) is 6.37. The van der Waals surface area contributed by atoms with Crippen LogP contribution in [0.15, 0.2) is 67.6 Å². The Labute approximate surface area is 166 Å². The highest BCUT2D eigenvalue weighted by Gasteiger charge is 2.12. The number of hydrogen-bond acceptors (Lipinski definition) is 8. The molecule has 0 aliphatic heterocycles. The predicted octanol–water partition coefficient (Wildman–Crippen LogP) is 3.78. The van der Waals surface area contributed by atoms with E-state index in [2.05, 4.69) is 40.5 Å². The highest BCUT2D eigenvalue weighted by Crippen LogP contribution is 2.24. The lowest BCUT2D eigenvalue weighted by atomic mass is 10.1. The highest BCUT2D eigenvalue weighted by molar-refractivity contribution is 5.65. The van der Waals surface area contributed by atoms with Crippen LogP contribution in [0.5, 0.6) is 0 Å². The lowest BCUT2D eigenvalue weighted by Crippen LogP contribution is -2.11. The molecule has 0 aliphatic rings. The van der Waals surface area contributed by atoms with Gasteiger partial charge in [-0.2, -0.15) is 4.98 Å². The fourth-order valence-corrected chi connectivity index (χ4v) is 2.68. The van der Waals surface area contributed by atoms with Gasteiger partial charge in [-0.25, -0.2) is 24.3 Å². The van der Waals surface area contributed by atoms with Gasteiger partial charge in [0.1, 0.15) is 23.8 Å². The zero-order chi connectivity index (χ0) is 20.1. The van der Waals surface area contributed by atoms with E-state index in [-0.39, 0.29) is 11.9 Å². The molecule has 0 saturated carbocycles. The minimum Gasteiger partial charge on any atom is -0.348 e. The Balaban J connectivity index is 1.66. The van der Waals surface area contributed by atoms with E-state index in [0.29, 0.717) is 23.3 Å². The first-order valence-corrected chi connectivity index (χ1v) is 8.87.